The summed E-state index contributed by atoms with van der Waals surface area (Å²) < 4.78 is 24.1. The molecule has 16 heteroatoms. The molecule has 9 nitrogen and oxygen atoms in total. The van der Waals surface area contributed by atoms with Gasteiger partial charge in [0.15, 0.2) is 10.0 Å². The van der Waals surface area contributed by atoms with Gasteiger partial charge < -0.3 is 14.6 Å². The van der Waals surface area contributed by atoms with E-state index in [9.17, 15) is 18.9 Å². The van der Waals surface area contributed by atoms with Crippen LogP contribution in [0.3, 0.4) is 0 Å². The molecule has 1 fully saturated rings. The van der Waals surface area contributed by atoms with Crippen LogP contribution in [0.1, 0.15) is 26.3 Å². The predicted molar refractivity (Wildman–Crippen MR) is 180 cm³/mol. The number of rotatable bonds is 13. The lowest BCUT2D eigenvalue weighted by molar-refractivity contribution is -0.152. The van der Waals surface area contributed by atoms with Crippen molar-refractivity contribution >= 4 is 103 Å². The molecule has 0 aliphatic carbocycles. The van der Waals surface area contributed by atoms with Gasteiger partial charge in [0.1, 0.15) is 23.8 Å². The average Bonchev–Trinajstić information content (AvgIpc) is 3.41. The number of amides is 2. The number of allylic oxidation sites excluding steroid dienone is 1. The highest BCUT2D eigenvalue weighted by Crippen LogP contribution is 2.50. The van der Waals surface area contributed by atoms with E-state index >= 15 is 0 Å². The molecular formula is C28H29Cl3N3O6PS3. The number of carbonyl (C=O) groups excluding carboxylic acids is 3. The van der Waals surface area contributed by atoms with Crippen LogP contribution in [-0.2, 0) is 34.6 Å². The highest BCUT2D eigenvalue weighted by atomic mass is 35.6. The van der Waals surface area contributed by atoms with E-state index in [-0.39, 0.29) is 36.1 Å². The maximum absolute atomic E-state index is 13.7. The number of ether oxygens (including phenoxy) is 1. The van der Waals surface area contributed by atoms with Gasteiger partial charge in [0, 0.05) is 12.3 Å². The summed E-state index contributed by atoms with van der Waals surface area (Å²) in [7, 11) is -0.654. The Morgan fingerprint density at radius 3 is 2.39 bits per heavy atom. The van der Waals surface area contributed by atoms with Gasteiger partial charge in [-0.15, -0.1) is 11.3 Å². The topological polar surface area (TPSA) is 115 Å². The van der Waals surface area contributed by atoms with Crippen molar-refractivity contribution < 1.29 is 28.2 Å². The Bertz CT molecular complexity index is 1560. The molecule has 1 aliphatic heterocycles. The van der Waals surface area contributed by atoms with Crippen LogP contribution in [0, 0.1) is 0 Å². The molecule has 3 aromatic rings. The minimum Gasteiger partial charge on any atom is -0.456 e. The van der Waals surface area contributed by atoms with Gasteiger partial charge in [-0.3, -0.25) is 19.1 Å². The number of nitrogens with one attached hydrogen (secondary N) is 1. The highest BCUT2D eigenvalue weighted by molar-refractivity contribution is 8.77. The summed E-state index contributed by atoms with van der Waals surface area (Å²) in [4.78, 5) is 46.0. The molecule has 2 atom stereocenters. The molecule has 4 rings (SSSR count). The lowest BCUT2D eigenvalue weighted by atomic mass is 10.0. The normalized spacial score (nSPS) is 17.6. The van der Waals surface area contributed by atoms with Gasteiger partial charge in [-0.1, -0.05) is 102 Å². The standard InChI is InChI=1S/C28H29Cl3N3O6PS3/c1-4-41(38,5-2)40-17(3)23(26(37)39-16-28(29,30)31)34-24(36)22(33-21(35)15-18-11-7-6-8-12-18)25(34)43-44-27-32-19-13-9-10-14-20(19)42-27/h6-14,22,25H,4-5,15-16H2,1-3H3,(H,33,35). The first-order valence-electron chi connectivity index (χ1n) is 13.4. The first-order chi connectivity index (χ1) is 20.8. The number of carbonyl (C=O) groups is 3. The number of hydrogen-bond donors (Lipinski definition) is 1. The van der Waals surface area contributed by atoms with Crippen LogP contribution in [0.15, 0.2) is 70.4 Å². The maximum Gasteiger partial charge on any atom is 0.358 e. The number of β-lactam (4-membered cyclic amide) rings is 1. The van der Waals surface area contributed by atoms with Gasteiger partial charge in [-0.05, 0) is 35.4 Å². The molecule has 0 spiro atoms. The Kier molecular flexibility index (Phi) is 12.0. The summed E-state index contributed by atoms with van der Waals surface area (Å²) in [6, 6.07) is 15.8. The number of fused-ring (bicyclic) bond motifs is 1. The maximum atomic E-state index is 13.7. The fourth-order valence-corrected chi connectivity index (χ4v) is 9.56. The van der Waals surface area contributed by atoms with Crippen molar-refractivity contribution in [2.75, 3.05) is 18.9 Å². The second-order valence-electron chi connectivity index (χ2n) is 9.57. The van der Waals surface area contributed by atoms with Crippen LogP contribution < -0.4 is 5.32 Å². The van der Waals surface area contributed by atoms with Gasteiger partial charge in [-0.25, -0.2) is 9.78 Å². The number of alkyl halides is 3. The van der Waals surface area contributed by atoms with Crippen LogP contribution in [-0.4, -0.2) is 61.8 Å². The minimum atomic E-state index is -3.18. The zero-order valence-electron chi connectivity index (χ0n) is 23.8. The molecule has 2 heterocycles. The summed E-state index contributed by atoms with van der Waals surface area (Å²) in [5.41, 5.74) is 1.31. The molecule has 0 radical (unpaired) electrons. The van der Waals surface area contributed by atoms with Crippen molar-refractivity contribution in [2.45, 2.75) is 46.7 Å². The average molecular weight is 737 g/mol. The van der Waals surface area contributed by atoms with Gasteiger partial charge in [0.05, 0.1) is 16.6 Å². The number of hydrogen-bond acceptors (Lipinski definition) is 10. The summed E-state index contributed by atoms with van der Waals surface area (Å²) in [6.45, 7) is 4.24. The van der Waals surface area contributed by atoms with Crippen LogP contribution in [0.5, 0.6) is 0 Å². The van der Waals surface area contributed by atoms with Crippen molar-refractivity contribution in [3.8, 4) is 0 Å². The van der Waals surface area contributed by atoms with E-state index in [0.29, 0.717) is 4.34 Å². The van der Waals surface area contributed by atoms with E-state index in [1.165, 1.54) is 44.7 Å². The van der Waals surface area contributed by atoms with Gasteiger partial charge in [0.2, 0.25) is 17.1 Å². The second-order valence-corrected chi connectivity index (χ2v) is 18.8. The highest BCUT2D eigenvalue weighted by Gasteiger charge is 2.53. The molecule has 2 amide bonds. The Balaban J connectivity index is 1.66. The van der Waals surface area contributed by atoms with E-state index < -0.39 is 41.1 Å². The number of nitrogens with zero attached hydrogens (tertiary/aromatic N) is 2. The van der Waals surface area contributed by atoms with Crippen molar-refractivity contribution in [1.82, 2.24) is 15.2 Å². The fourth-order valence-electron chi connectivity index (χ4n) is 4.19. The van der Waals surface area contributed by atoms with Crippen LogP contribution in [0.2, 0.25) is 0 Å². The Morgan fingerprint density at radius 2 is 1.75 bits per heavy atom. The lowest BCUT2D eigenvalue weighted by Gasteiger charge is -2.46. The number of halogens is 3. The summed E-state index contributed by atoms with van der Waals surface area (Å²) in [5, 5.41) is 2.01. The zero-order valence-corrected chi connectivity index (χ0v) is 29.4. The Morgan fingerprint density at radius 1 is 1.09 bits per heavy atom. The smallest absolute Gasteiger partial charge is 0.358 e. The van der Waals surface area contributed by atoms with E-state index in [4.69, 9.17) is 44.1 Å². The Labute approximate surface area is 282 Å². The van der Waals surface area contributed by atoms with Gasteiger partial charge in [-0.2, -0.15) is 0 Å². The number of benzene rings is 2. The third-order valence-corrected chi connectivity index (χ3v) is 13.3. The lowest BCUT2D eigenvalue weighted by Crippen LogP contribution is -2.69. The van der Waals surface area contributed by atoms with Crippen molar-refractivity contribution in [3.63, 3.8) is 0 Å². The van der Waals surface area contributed by atoms with Crippen molar-refractivity contribution in [2.24, 2.45) is 0 Å². The molecule has 0 saturated carbocycles. The fraction of sp³-hybridized carbons (Fsp3) is 0.357. The van der Waals surface area contributed by atoms with Crippen LogP contribution in [0.25, 0.3) is 10.2 Å². The van der Waals surface area contributed by atoms with Crippen molar-refractivity contribution in [3.05, 3.63) is 71.6 Å². The molecule has 0 bridgehead atoms. The second kappa shape index (κ2) is 15.1. The number of thiazole rings is 1. The third-order valence-electron chi connectivity index (χ3n) is 6.46. The number of para-hydroxylation sites is 1. The SMILES string of the molecule is CCP(=O)(CC)OC(C)=C(C(=O)OCC(Cl)(Cl)Cl)N1C(=O)C(NC(=O)Cc2ccccc2)C1SSc1nc2ccccc2s1. The quantitative estimate of drug-likeness (QED) is 0.0365. The molecule has 1 aromatic heterocycles. The molecule has 2 unspecified atom stereocenters. The molecule has 1 saturated heterocycles. The third kappa shape index (κ3) is 8.87. The Hall–Kier alpha value is -1.92. The van der Waals surface area contributed by atoms with Crippen molar-refractivity contribution in [1.29, 1.82) is 0 Å². The summed E-state index contributed by atoms with van der Waals surface area (Å²) in [5.74, 6) is -2.04. The first-order valence-corrected chi connectivity index (χ1v) is 19.6. The van der Waals surface area contributed by atoms with E-state index in [1.807, 2.05) is 54.6 Å². The number of esters is 1. The zero-order chi connectivity index (χ0) is 32.1. The van der Waals surface area contributed by atoms with Gasteiger partial charge >= 0.3 is 5.97 Å². The monoisotopic (exact) mass is 735 g/mol. The molecule has 44 heavy (non-hydrogen) atoms. The van der Waals surface area contributed by atoms with E-state index in [2.05, 4.69) is 10.3 Å². The largest absolute Gasteiger partial charge is 0.456 e. The molecular weight excluding hydrogens is 708 g/mol. The van der Waals surface area contributed by atoms with E-state index in [0.717, 1.165) is 15.8 Å². The van der Waals surface area contributed by atoms with Gasteiger partial charge in [0.25, 0.3) is 5.91 Å². The summed E-state index contributed by atoms with van der Waals surface area (Å²) >= 11 is 18.9. The van der Waals surface area contributed by atoms with E-state index in [1.54, 1.807) is 13.8 Å². The first kappa shape index (κ1) is 34.9. The number of aromatic nitrogens is 1. The molecule has 1 N–H and O–H groups in total. The van der Waals surface area contributed by atoms with Crippen LogP contribution >= 0.6 is 75.1 Å². The predicted octanol–water partition coefficient (Wildman–Crippen LogP) is 7.41. The molecule has 236 valence electrons. The summed E-state index contributed by atoms with van der Waals surface area (Å²) in [6.07, 6.45) is 0.462. The number of likely N-dealkylation sites (tertiary alicyclic amines) is 1. The molecule has 2 aromatic carbocycles. The molecule has 1 aliphatic rings. The minimum absolute atomic E-state index is 0.0549. The van der Waals surface area contributed by atoms with Crippen LogP contribution in [0.4, 0.5) is 0 Å².